The van der Waals surface area contributed by atoms with Gasteiger partial charge in [0.1, 0.15) is 6.33 Å². The van der Waals surface area contributed by atoms with Crippen LogP contribution in [-0.4, -0.2) is 17.1 Å². The number of ether oxygens (including phenoxy) is 2. The average Bonchev–Trinajstić information content (AvgIpc) is 2.34. The third-order valence-electron chi connectivity index (χ3n) is 2.30. The van der Waals surface area contributed by atoms with E-state index in [0.29, 0.717) is 0 Å². The van der Waals surface area contributed by atoms with Gasteiger partial charge in [0.15, 0.2) is 17.4 Å². The second-order valence-corrected chi connectivity index (χ2v) is 3.63. The van der Waals surface area contributed by atoms with Gasteiger partial charge in [0.2, 0.25) is 5.75 Å². The molecule has 0 unspecified atom stereocenters. The molecule has 0 saturated heterocycles. The van der Waals surface area contributed by atoms with Gasteiger partial charge in [0, 0.05) is 0 Å². The van der Waals surface area contributed by atoms with E-state index in [-0.39, 0.29) is 23.2 Å². The predicted molar refractivity (Wildman–Crippen MR) is 64.2 cm³/mol. The lowest BCUT2D eigenvalue weighted by atomic mass is 10.2. The normalized spacial score (nSPS) is 10.2. The Morgan fingerprint density at radius 1 is 1.28 bits per heavy atom. The van der Waals surface area contributed by atoms with Crippen molar-refractivity contribution >= 4 is 5.82 Å². The largest absolute Gasteiger partial charge is 0.489 e. The number of hydrogen-bond donors (Lipinski definition) is 1. The number of halogens is 1. The maximum Gasteiger partial charge on any atom is 0.268 e. The van der Waals surface area contributed by atoms with Crippen molar-refractivity contribution in [1.82, 2.24) is 9.97 Å². The first-order valence-electron chi connectivity index (χ1n) is 5.20. The SMILES string of the molecule is COc1c(N)ncnc1Oc1cc(C)ccc1F. The highest BCUT2D eigenvalue weighted by Crippen LogP contribution is 2.33. The molecule has 94 valence electrons. The van der Waals surface area contributed by atoms with Gasteiger partial charge in [-0.15, -0.1) is 0 Å². The van der Waals surface area contributed by atoms with Crippen LogP contribution in [0.3, 0.4) is 0 Å². The molecule has 0 spiro atoms. The van der Waals surface area contributed by atoms with Crippen LogP contribution in [0.15, 0.2) is 24.5 Å². The van der Waals surface area contributed by atoms with Crippen LogP contribution in [0, 0.1) is 12.7 Å². The maximum atomic E-state index is 13.6. The number of nitrogen functional groups attached to an aromatic ring is 1. The molecule has 2 aromatic rings. The molecular weight excluding hydrogens is 237 g/mol. The number of rotatable bonds is 3. The zero-order valence-electron chi connectivity index (χ0n) is 9.98. The first kappa shape index (κ1) is 12.1. The second kappa shape index (κ2) is 4.87. The third-order valence-corrected chi connectivity index (χ3v) is 2.30. The number of aryl methyl sites for hydroxylation is 1. The second-order valence-electron chi connectivity index (χ2n) is 3.63. The molecule has 0 aliphatic rings. The molecule has 6 heteroatoms. The van der Waals surface area contributed by atoms with Crippen LogP contribution in [0.2, 0.25) is 0 Å². The van der Waals surface area contributed by atoms with E-state index in [1.54, 1.807) is 12.1 Å². The maximum absolute atomic E-state index is 13.6. The number of hydrogen-bond acceptors (Lipinski definition) is 5. The van der Waals surface area contributed by atoms with E-state index in [4.69, 9.17) is 15.2 Å². The third kappa shape index (κ3) is 2.32. The first-order chi connectivity index (χ1) is 8.61. The summed E-state index contributed by atoms with van der Waals surface area (Å²) in [6.07, 6.45) is 1.22. The highest BCUT2D eigenvalue weighted by molar-refractivity contribution is 5.52. The molecule has 0 aliphatic heterocycles. The van der Waals surface area contributed by atoms with Crippen molar-refractivity contribution in [2.75, 3.05) is 12.8 Å². The van der Waals surface area contributed by atoms with Crippen molar-refractivity contribution in [2.24, 2.45) is 0 Å². The molecule has 0 aliphatic carbocycles. The fourth-order valence-corrected chi connectivity index (χ4v) is 1.43. The Morgan fingerprint density at radius 2 is 2.06 bits per heavy atom. The monoisotopic (exact) mass is 249 g/mol. The van der Waals surface area contributed by atoms with Gasteiger partial charge in [0.25, 0.3) is 5.88 Å². The number of benzene rings is 1. The lowest BCUT2D eigenvalue weighted by Gasteiger charge is -2.10. The van der Waals surface area contributed by atoms with Gasteiger partial charge in [0.05, 0.1) is 7.11 Å². The van der Waals surface area contributed by atoms with E-state index in [1.807, 2.05) is 6.92 Å². The predicted octanol–water partition coefficient (Wildman–Crippen LogP) is 2.31. The lowest BCUT2D eigenvalue weighted by molar-refractivity contribution is 0.360. The quantitative estimate of drug-likeness (QED) is 0.903. The van der Waals surface area contributed by atoms with Crippen LogP contribution >= 0.6 is 0 Å². The van der Waals surface area contributed by atoms with Gasteiger partial charge >= 0.3 is 0 Å². The molecule has 0 saturated carbocycles. The van der Waals surface area contributed by atoms with Crippen molar-refractivity contribution in [1.29, 1.82) is 0 Å². The highest BCUT2D eigenvalue weighted by atomic mass is 19.1. The zero-order valence-corrected chi connectivity index (χ0v) is 9.98. The Balaban J connectivity index is 2.40. The van der Waals surface area contributed by atoms with Crippen LogP contribution in [0.25, 0.3) is 0 Å². The summed E-state index contributed by atoms with van der Waals surface area (Å²) in [7, 11) is 1.41. The Bertz CT molecular complexity index is 575. The minimum atomic E-state index is -0.486. The molecule has 18 heavy (non-hydrogen) atoms. The topological polar surface area (TPSA) is 70.3 Å². The molecule has 0 atom stereocenters. The standard InChI is InChI=1S/C12H12FN3O2/c1-7-3-4-8(13)9(5-7)18-12-10(17-2)11(14)15-6-16-12/h3-6H,1-2H3,(H2,14,15,16). The Labute approximate surface area is 103 Å². The molecule has 1 aromatic carbocycles. The van der Waals surface area contributed by atoms with E-state index in [9.17, 15) is 4.39 Å². The fourth-order valence-electron chi connectivity index (χ4n) is 1.43. The first-order valence-corrected chi connectivity index (χ1v) is 5.20. The Hall–Kier alpha value is -2.37. The number of nitrogens with two attached hydrogens (primary N) is 1. The molecular formula is C12H12FN3O2. The van der Waals surface area contributed by atoms with Gasteiger partial charge < -0.3 is 15.2 Å². The van der Waals surface area contributed by atoms with Gasteiger partial charge in [-0.25, -0.2) is 9.37 Å². The molecule has 1 heterocycles. The van der Waals surface area contributed by atoms with E-state index < -0.39 is 5.82 Å². The van der Waals surface area contributed by atoms with Gasteiger partial charge in [-0.3, -0.25) is 0 Å². The van der Waals surface area contributed by atoms with Crippen LogP contribution in [0.5, 0.6) is 17.4 Å². The van der Waals surface area contributed by atoms with Crippen molar-refractivity contribution in [3.05, 3.63) is 35.9 Å². The summed E-state index contributed by atoms with van der Waals surface area (Å²) in [6.45, 7) is 1.83. The molecule has 2 N–H and O–H groups in total. The fraction of sp³-hybridized carbons (Fsp3) is 0.167. The van der Waals surface area contributed by atoms with Crippen molar-refractivity contribution in [2.45, 2.75) is 6.92 Å². The number of aromatic nitrogens is 2. The molecule has 5 nitrogen and oxygen atoms in total. The summed E-state index contributed by atoms with van der Waals surface area (Å²) >= 11 is 0. The van der Waals surface area contributed by atoms with Gasteiger partial charge in [-0.05, 0) is 24.6 Å². The minimum absolute atomic E-state index is 0.0615. The van der Waals surface area contributed by atoms with Crippen LogP contribution < -0.4 is 15.2 Å². The van der Waals surface area contributed by atoms with Gasteiger partial charge in [-0.2, -0.15) is 4.98 Å². The minimum Gasteiger partial charge on any atom is -0.489 e. The van der Waals surface area contributed by atoms with Crippen LogP contribution in [0.1, 0.15) is 5.56 Å². The van der Waals surface area contributed by atoms with E-state index in [2.05, 4.69) is 9.97 Å². The molecule has 0 bridgehead atoms. The molecule has 0 fully saturated rings. The Morgan fingerprint density at radius 3 is 2.78 bits per heavy atom. The van der Waals surface area contributed by atoms with E-state index >= 15 is 0 Å². The van der Waals surface area contributed by atoms with E-state index in [0.717, 1.165) is 5.56 Å². The summed E-state index contributed by atoms with van der Waals surface area (Å²) in [5.74, 6) is -0.0327. The summed E-state index contributed by atoms with van der Waals surface area (Å²) in [5, 5.41) is 0. The molecule has 0 radical (unpaired) electrons. The van der Waals surface area contributed by atoms with Crippen LogP contribution in [0.4, 0.5) is 10.2 Å². The average molecular weight is 249 g/mol. The lowest BCUT2D eigenvalue weighted by Crippen LogP contribution is -2.01. The molecule has 1 aromatic heterocycles. The van der Waals surface area contributed by atoms with E-state index in [1.165, 1.54) is 19.5 Å². The summed E-state index contributed by atoms with van der Waals surface area (Å²) in [4.78, 5) is 7.63. The zero-order chi connectivity index (χ0) is 13.1. The van der Waals surface area contributed by atoms with Crippen molar-refractivity contribution in [3.63, 3.8) is 0 Å². The van der Waals surface area contributed by atoms with Crippen LogP contribution in [-0.2, 0) is 0 Å². The number of anilines is 1. The number of methoxy groups -OCH3 is 1. The smallest absolute Gasteiger partial charge is 0.268 e. The van der Waals surface area contributed by atoms with Crippen molar-refractivity contribution in [3.8, 4) is 17.4 Å². The molecule has 2 rings (SSSR count). The van der Waals surface area contributed by atoms with Crippen molar-refractivity contribution < 1.29 is 13.9 Å². The number of nitrogens with zero attached hydrogens (tertiary/aromatic N) is 2. The Kier molecular flexibility index (Phi) is 3.27. The van der Waals surface area contributed by atoms with Gasteiger partial charge in [-0.1, -0.05) is 6.07 Å². The summed E-state index contributed by atoms with van der Waals surface area (Å²) in [6, 6.07) is 4.53. The summed E-state index contributed by atoms with van der Waals surface area (Å²) < 4.78 is 23.9. The highest BCUT2D eigenvalue weighted by Gasteiger charge is 2.14. The summed E-state index contributed by atoms with van der Waals surface area (Å²) in [5.41, 5.74) is 6.47. The molecule has 0 amide bonds.